The van der Waals surface area contributed by atoms with Crippen molar-refractivity contribution in [3.63, 3.8) is 0 Å². The van der Waals surface area contributed by atoms with Gasteiger partial charge in [0, 0.05) is 24.0 Å². The van der Waals surface area contributed by atoms with Gasteiger partial charge in [0.15, 0.2) is 0 Å². The summed E-state index contributed by atoms with van der Waals surface area (Å²) in [5, 5.41) is 17.5. The molecule has 25 heavy (non-hydrogen) atoms. The number of nitrogens with zero attached hydrogens (tertiary/aromatic N) is 2. The summed E-state index contributed by atoms with van der Waals surface area (Å²) in [7, 11) is 0. The monoisotopic (exact) mass is 338 g/mol. The maximum atomic E-state index is 11.7. The van der Waals surface area contributed by atoms with Crippen molar-refractivity contribution < 1.29 is 9.72 Å². The molecule has 2 N–H and O–H groups in total. The van der Waals surface area contributed by atoms with Gasteiger partial charge in [-0.3, -0.25) is 14.9 Å². The van der Waals surface area contributed by atoms with Gasteiger partial charge < -0.3 is 5.32 Å². The van der Waals surface area contributed by atoms with Crippen LogP contribution in [0.5, 0.6) is 0 Å². The minimum absolute atomic E-state index is 0.0228. The molecule has 0 aliphatic rings. The minimum Gasteiger partial charge on any atom is -0.376 e. The lowest BCUT2D eigenvalue weighted by Gasteiger charge is -2.07. The first-order chi connectivity index (χ1) is 12.1. The normalized spacial score (nSPS) is 10.9. The van der Waals surface area contributed by atoms with Crippen molar-refractivity contribution in [2.45, 2.75) is 6.92 Å². The number of anilines is 1. The molecule has 2 aromatic carbocycles. The number of hydrogen-bond acceptors (Lipinski definition) is 5. The van der Waals surface area contributed by atoms with Crippen LogP contribution in [0.4, 0.5) is 11.4 Å². The second-order valence-electron chi connectivity index (χ2n) is 5.19. The Labute approximate surface area is 145 Å². The number of hydrazone groups is 1. The van der Waals surface area contributed by atoms with Crippen LogP contribution in [0.1, 0.15) is 11.1 Å². The van der Waals surface area contributed by atoms with Gasteiger partial charge in [0.2, 0.25) is 0 Å². The summed E-state index contributed by atoms with van der Waals surface area (Å²) in [5.41, 5.74) is 5.04. The first-order valence-electron chi connectivity index (χ1n) is 7.59. The Kier molecular flexibility index (Phi) is 6.41. The average Bonchev–Trinajstić information content (AvgIpc) is 2.61. The molecule has 0 unspecified atom stereocenters. The van der Waals surface area contributed by atoms with Crippen LogP contribution in [0.25, 0.3) is 6.08 Å². The number of para-hydroxylation sites is 1. The van der Waals surface area contributed by atoms with Crippen molar-refractivity contribution in [1.82, 2.24) is 5.43 Å². The first kappa shape index (κ1) is 17.9. The quantitative estimate of drug-likeness (QED) is 0.460. The van der Waals surface area contributed by atoms with Crippen LogP contribution in [-0.2, 0) is 4.79 Å². The molecule has 0 aliphatic carbocycles. The number of rotatable bonds is 7. The summed E-state index contributed by atoms with van der Waals surface area (Å²) in [4.78, 5) is 21.9. The zero-order valence-corrected chi connectivity index (χ0v) is 13.7. The molecule has 2 aromatic rings. The van der Waals surface area contributed by atoms with Gasteiger partial charge in [0.05, 0.1) is 11.5 Å². The minimum atomic E-state index is -0.451. The number of aryl methyl sites for hydroxylation is 1. The van der Waals surface area contributed by atoms with Crippen molar-refractivity contribution in [3.8, 4) is 0 Å². The average molecular weight is 338 g/mol. The predicted octanol–water partition coefficient (Wildman–Crippen LogP) is 3.13. The molecule has 0 aromatic heterocycles. The Balaban J connectivity index is 1.79. The van der Waals surface area contributed by atoms with Gasteiger partial charge in [-0.25, -0.2) is 5.43 Å². The first-order valence-corrected chi connectivity index (χ1v) is 7.59. The third kappa shape index (κ3) is 5.91. The largest absolute Gasteiger partial charge is 0.376 e. The Hall–Kier alpha value is -3.48. The number of nitrogens with one attached hydrogen (secondary N) is 2. The molecule has 0 atom stereocenters. The van der Waals surface area contributed by atoms with E-state index >= 15 is 0 Å². The van der Waals surface area contributed by atoms with Crippen molar-refractivity contribution in [2.75, 3.05) is 11.9 Å². The highest BCUT2D eigenvalue weighted by Crippen LogP contribution is 2.14. The molecule has 7 nitrogen and oxygen atoms in total. The third-order valence-corrected chi connectivity index (χ3v) is 3.30. The molecular formula is C18H18N4O3. The highest BCUT2D eigenvalue weighted by molar-refractivity contribution is 5.83. The summed E-state index contributed by atoms with van der Waals surface area (Å²) in [6.45, 7) is 2.06. The summed E-state index contributed by atoms with van der Waals surface area (Å²) in [6.07, 6.45) is 4.66. The van der Waals surface area contributed by atoms with Crippen LogP contribution < -0.4 is 10.7 Å². The van der Waals surface area contributed by atoms with Crippen molar-refractivity contribution in [1.29, 1.82) is 0 Å². The van der Waals surface area contributed by atoms with Crippen molar-refractivity contribution in [3.05, 3.63) is 75.8 Å². The third-order valence-electron chi connectivity index (χ3n) is 3.30. The number of nitro groups is 1. The number of non-ortho nitro benzene ring substituents is 1. The molecule has 0 saturated carbocycles. The van der Waals surface area contributed by atoms with Crippen molar-refractivity contribution >= 4 is 29.6 Å². The molecule has 128 valence electrons. The van der Waals surface area contributed by atoms with Crippen LogP contribution >= 0.6 is 0 Å². The van der Waals surface area contributed by atoms with Crippen molar-refractivity contribution in [2.24, 2.45) is 5.10 Å². The Morgan fingerprint density at radius 1 is 1.24 bits per heavy atom. The van der Waals surface area contributed by atoms with E-state index in [9.17, 15) is 14.9 Å². The summed E-state index contributed by atoms with van der Waals surface area (Å²) in [6, 6.07) is 13.9. The molecule has 0 spiro atoms. The number of allylic oxidation sites excluding steroid dienone is 1. The Morgan fingerprint density at radius 3 is 2.80 bits per heavy atom. The molecule has 2 rings (SSSR count). The van der Waals surface area contributed by atoms with Crippen LogP contribution in [0.15, 0.2) is 59.7 Å². The van der Waals surface area contributed by atoms with E-state index in [0.717, 1.165) is 11.3 Å². The number of carbonyl (C=O) groups excluding carboxylic acids is 1. The Morgan fingerprint density at radius 2 is 2.04 bits per heavy atom. The molecule has 0 fully saturated rings. The van der Waals surface area contributed by atoms with E-state index in [4.69, 9.17) is 0 Å². The fraction of sp³-hybridized carbons (Fsp3) is 0.111. The van der Waals surface area contributed by atoms with Gasteiger partial charge in [-0.1, -0.05) is 36.4 Å². The van der Waals surface area contributed by atoms with Gasteiger partial charge in [-0.15, -0.1) is 0 Å². The summed E-state index contributed by atoms with van der Waals surface area (Å²) < 4.78 is 0. The number of carbonyl (C=O) groups is 1. The molecule has 0 radical (unpaired) electrons. The van der Waals surface area contributed by atoms with E-state index in [2.05, 4.69) is 15.8 Å². The van der Waals surface area contributed by atoms with Gasteiger partial charge in [-0.05, 0) is 30.2 Å². The smallest absolute Gasteiger partial charge is 0.270 e. The number of nitro benzene ring substituents is 1. The second-order valence-corrected chi connectivity index (χ2v) is 5.19. The van der Waals surface area contributed by atoms with Crippen LogP contribution in [0, 0.1) is 17.0 Å². The van der Waals surface area contributed by atoms with E-state index in [1.54, 1.807) is 24.3 Å². The van der Waals surface area contributed by atoms with E-state index in [1.165, 1.54) is 18.3 Å². The van der Waals surface area contributed by atoms with Gasteiger partial charge in [0.1, 0.15) is 0 Å². The number of amides is 1. The lowest BCUT2D eigenvalue weighted by Crippen LogP contribution is -2.25. The topological polar surface area (TPSA) is 96.6 Å². The molecule has 0 aliphatic heterocycles. The highest BCUT2D eigenvalue weighted by atomic mass is 16.6. The predicted molar refractivity (Wildman–Crippen MR) is 98.4 cm³/mol. The molecule has 0 heterocycles. The molecule has 7 heteroatoms. The number of hydrogen-bond donors (Lipinski definition) is 2. The van der Waals surface area contributed by atoms with Gasteiger partial charge in [-0.2, -0.15) is 5.10 Å². The molecule has 0 saturated heterocycles. The lowest BCUT2D eigenvalue weighted by molar-refractivity contribution is -0.384. The maximum Gasteiger partial charge on any atom is 0.270 e. The maximum absolute atomic E-state index is 11.7. The second kappa shape index (κ2) is 8.97. The van der Waals surface area contributed by atoms with E-state index in [1.807, 2.05) is 31.2 Å². The molecular weight excluding hydrogens is 320 g/mol. The summed E-state index contributed by atoms with van der Waals surface area (Å²) >= 11 is 0. The zero-order chi connectivity index (χ0) is 18.1. The fourth-order valence-corrected chi connectivity index (χ4v) is 2.03. The SMILES string of the molecule is Cc1ccccc1NCC(=O)N/N=C\C=C\c1cccc([N+](=O)[O-])c1. The lowest BCUT2D eigenvalue weighted by atomic mass is 10.2. The number of benzene rings is 2. The molecule has 1 amide bonds. The Bertz CT molecular complexity index is 815. The van der Waals surface area contributed by atoms with Crippen LogP contribution in [-0.4, -0.2) is 23.6 Å². The standard InChI is InChI=1S/C18H18N4O3/c1-14-6-2-3-10-17(14)19-13-18(23)21-20-11-5-8-15-7-4-9-16(12-15)22(24)25/h2-12,19H,13H2,1H3,(H,21,23)/b8-5+,20-11-. The summed E-state index contributed by atoms with van der Waals surface area (Å²) in [5.74, 6) is -0.275. The molecule has 0 bridgehead atoms. The van der Waals surface area contributed by atoms with Gasteiger partial charge >= 0.3 is 0 Å². The fourth-order valence-electron chi connectivity index (χ4n) is 2.03. The van der Waals surface area contributed by atoms with Crippen LogP contribution in [0.3, 0.4) is 0 Å². The van der Waals surface area contributed by atoms with Crippen LogP contribution in [0.2, 0.25) is 0 Å². The van der Waals surface area contributed by atoms with E-state index in [-0.39, 0.29) is 18.1 Å². The van der Waals surface area contributed by atoms with E-state index in [0.29, 0.717) is 5.56 Å². The van der Waals surface area contributed by atoms with Gasteiger partial charge in [0.25, 0.3) is 11.6 Å². The highest BCUT2D eigenvalue weighted by Gasteiger charge is 2.03. The zero-order valence-electron chi connectivity index (χ0n) is 13.7. The van der Waals surface area contributed by atoms with E-state index < -0.39 is 4.92 Å².